The van der Waals surface area contributed by atoms with Crippen molar-refractivity contribution in [2.45, 2.75) is 30.2 Å². The number of rotatable bonds is 3. The summed E-state index contributed by atoms with van der Waals surface area (Å²) >= 11 is 4.83. The molecule has 0 N–H and O–H groups in total. The summed E-state index contributed by atoms with van der Waals surface area (Å²) in [4.78, 5) is 10.5. The molecule has 0 bridgehead atoms. The van der Waals surface area contributed by atoms with Gasteiger partial charge in [-0.3, -0.25) is 4.90 Å². The molecule has 0 aromatic heterocycles. The standard InChI is InChI=1S/C21H25ClN4OS/c22-18-6-4-17-15-20(7-5-16(17)14-18)28(27)26-9-8-23-21(26)25-12-10-24(11-13-25)19-2-1-3-19/h4-7,14-15,19H,1-3,8-13H2. The predicted octanol–water partition coefficient (Wildman–Crippen LogP) is 3.36. The molecule has 7 heteroatoms. The van der Waals surface area contributed by atoms with Gasteiger partial charge in [0, 0.05) is 43.3 Å². The van der Waals surface area contributed by atoms with E-state index in [9.17, 15) is 4.55 Å². The quantitative estimate of drug-likeness (QED) is 0.720. The number of hydrogen-bond donors (Lipinski definition) is 0. The number of benzene rings is 2. The zero-order valence-electron chi connectivity index (χ0n) is 15.9. The van der Waals surface area contributed by atoms with Crippen molar-refractivity contribution >= 4 is 39.7 Å². The topological polar surface area (TPSA) is 45.1 Å². The smallest absolute Gasteiger partial charge is 0.240 e. The van der Waals surface area contributed by atoms with Crippen LogP contribution in [0.5, 0.6) is 0 Å². The minimum absolute atomic E-state index is 0.712. The van der Waals surface area contributed by atoms with E-state index in [0.717, 1.165) is 58.9 Å². The van der Waals surface area contributed by atoms with Crippen molar-refractivity contribution < 1.29 is 4.55 Å². The molecule has 28 heavy (non-hydrogen) atoms. The van der Waals surface area contributed by atoms with Gasteiger partial charge in [0.05, 0.1) is 13.1 Å². The molecule has 5 rings (SSSR count). The zero-order valence-corrected chi connectivity index (χ0v) is 17.5. The van der Waals surface area contributed by atoms with Gasteiger partial charge in [0.1, 0.15) is 11.4 Å². The maximum atomic E-state index is 13.3. The highest BCUT2D eigenvalue weighted by Gasteiger charge is 2.36. The lowest BCUT2D eigenvalue weighted by atomic mass is 9.91. The Morgan fingerprint density at radius 3 is 2.46 bits per heavy atom. The molecule has 3 aliphatic rings. The molecule has 5 nitrogen and oxygen atoms in total. The molecule has 2 aliphatic heterocycles. The first-order valence-electron chi connectivity index (χ1n) is 10.1. The summed E-state index contributed by atoms with van der Waals surface area (Å²) in [5.74, 6) is 0.905. The van der Waals surface area contributed by atoms with Crippen molar-refractivity contribution in [3.05, 3.63) is 41.4 Å². The van der Waals surface area contributed by atoms with Crippen molar-refractivity contribution in [2.24, 2.45) is 4.99 Å². The normalized spacial score (nSPS) is 22.4. The molecule has 0 spiro atoms. The molecule has 2 aromatic carbocycles. The summed E-state index contributed by atoms with van der Waals surface area (Å²) in [7, 11) is 0. The molecule has 1 saturated carbocycles. The van der Waals surface area contributed by atoms with E-state index in [1.54, 1.807) is 0 Å². The van der Waals surface area contributed by atoms with Crippen molar-refractivity contribution in [3.63, 3.8) is 0 Å². The number of guanidine groups is 1. The summed E-state index contributed by atoms with van der Waals surface area (Å²) in [6.07, 6.45) is 4.08. The lowest BCUT2D eigenvalue weighted by molar-refractivity contribution is 0.0833. The van der Waals surface area contributed by atoms with Gasteiger partial charge in [-0.25, -0.2) is 4.99 Å². The van der Waals surface area contributed by atoms with Crippen LogP contribution in [0.1, 0.15) is 19.3 Å². The van der Waals surface area contributed by atoms with E-state index in [2.05, 4.69) is 9.80 Å². The van der Waals surface area contributed by atoms with Gasteiger partial charge in [-0.05, 0) is 47.9 Å². The molecule has 0 radical (unpaired) electrons. The number of hydrogen-bond acceptors (Lipinski definition) is 5. The average Bonchev–Trinajstić information content (AvgIpc) is 3.16. The molecule has 2 heterocycles. The number of nitrogens with zero attached hydrogens (tertiary/aromatic N) is 4. The van der Waals surface area contributed by atoms with E-state index in [1.807, 2.05) is 40.7 Å². The second kappa shape index (κ2) is 7.75. The summed E-state index contributed by atoms with van der Waals surface area (Å²) in [6, 6.07) is 12.5. The van der Waals surface area contributed by atoms with Gasteiger partial charge in [0.2, 0.25) is 5.96 Å². The van der Waals surface area contributed by atoms with Crippen LogP contribution in [-0.4, -0.2) is 69.9 Å². The summed E-state index contributed by atoms with van der Waals surface area (Å²) in [5.41, 5.74) is 0. The molecule has 148 valence electrons. The van der Waals surface area contributed by atoms with Gasteiger partial charge in [0.25, 0.3) is 0 Å². The van der Waals surface area contributed by atoms with Gasteiger partial charge in [-0.15, -0.1) is 0 Å². The van der Waals surface area contributed by atoms with Gasteiger partial charge < -0.3 is 9.45 Å². The Kier molecular flexibility index (Phi) is 5.13. The maximum absolute atomic E-state index is 13.3. The highest BCUT2D eigenvalue weighted by Crippen LogP contribution is 2.28. The van der Waals surface area contributed by atoms with E-state index in [4.69, 9.17) is 16.6 Å². The fourth-order valence-corrected chi connectivity index (χ4v) is 5.72. The Morgan fingerprint density at radius 1 is 0.964 bits per heavy atom. The first kappa shape index (κ1) is 18.6. The third-order valence-corrected chi connectivity index (χ3v) is 7.78. The third kappa shape index (κ3) is 3.47. The Bertz CT molecular complexity index is 895. The van der Waals surface area contributed by atoms with Crippen LogP contribution in [0.15, 0.2) is 46.3 Å². The maximum Gasteiger partial charge on any atom is 0.240 e. The van der Waals surface area contributed by atoms with E-state index in [0.29, 0.717) is 13.1 Å². The van der Waals surface area contributed by atoms with Crippen molar-refractivity contribution in [2.75, 3.05) is 39.3 Å². The molecular weight excluding hydrogens is 392 g/mol. The lowest BCUT2D eigenvalue weighted by Crippen LogP contribution is -2.56. The van der Waals surface area contributed by atoms with Crippen molar-refractivity contribution in [1.82, 2.24) is 14.1 Å². The molecule has 2 aromatic rings. The van der Waals surface area contributed by atoms with Gasteiger partial charge in [-0.1, -0.05) is 24.1 Å². The average molecular weight is 417 g/mol. The minimum Gasteiger partial charge on any atom is -0.588 e. The van der Waals surface area contributed by atoms with Crippen LogP contribution in [0.3, 0.4) is 0 Å². The van der Waals surface area contributed by atoms with E-state index >= 15 is 0 Å². The molecule has 2 fully saturated rings. The van der Waals surface area contributed by atoms with Crippen LogP contribution in [0.4, 0.5) is 0 Å². The van der Waals surface area contributed by atoms with E-state index < -0.39 is 11.4 Å². The fourth-order valence-electron chi connectivity index (χ4n) is 4.30. The molecule has 1 saturated heterocycles. The Morgan fingerprint density at radius 2 is 1.71 bits per heavy atom. The largest absolute Gasteiger partial charge is 0.588 e. The lowest BCUT2D eigenvalue weighted by Gasteiger charge is -2.43. The monoisotopic (exact) mass is 416 g/mol. The summed E-state index contributed by atoms with van der Waals surface area (Å²) in [5, 5.41) is 2.84. The molecule has 1 unspecified atom stereocenters. The summed E-state index contributed by atoms with van der Waals surface area (Å²) < 4.78 is 15.3. The molecular formula is C21H25ClN4OS. The van der Waals surface area contributed by atoms with Gasteiger partial charge in [0.15, 0.2) is 4.90 Å². The fraction of sp³-hybridized carbons (Fsp3) is 0.476. The Balaban J connectivity index is 1.30. The van der Waals surface area contributed by atoms with Gasteiger partial charge in [-0.2, -0.15) is 4.31 Å². The number of aliphatic imine (C=N–C) groups is 1. The van der Waals surface area contributed by atoms with E-state index in [1.165, 1.54) is 19.3 Å². The third-order valence-electron chi connectivity index (χ3n) is 6.14. The van der Waals surface area contributed by atoms with Crippen LogP contribution in [0, 0.1) is 0 Å². The SMILES string of the molecule is [O-][S+](c1ccc2cc(Cl)ccc2c1)N1CCN=C1N1CCN(C2CCC2)CC1. The summed E-state index contributed by atoms with van der Waals surface area (Å²) in [6.45, 7) is 5.54. The molecule has 1 atom stereocenters. The highest BCUT2D eigenvalue weighted by molar-refractivity contribution is 7.89. The van der Waals surface area contributed by atoms with Crippen LogP contribution >= 0.6 is 11.6 Å². The first-order valence-corrected chi connectivity index (χ1v) is 11.6. The zero-order chi connectivity index (χ0) is 19.1. The minimum atomic E-state index is -1.25. The first-order chi connectivity index (χ1) is 13.7. The predicted molar refractivity (Wildman–Crippen MR) is 115 cm³/mol. The van der Waals surface area contributed by atoms with Crippen molar-refractivity contribution in [3.8, 4) is 0 Å². The second-order valence-corrected chi connectivity index (χ2v) is 9.64. The number of fused-ring (bicyclic) bond motifs is 1. The molecule has 0 amide bonds. The van der Waals surface area contributed by atoms with E-state index in [-0.39, 0.29) is 0 Å². The Hall–Kier alpha value is -1.47. The van der Waals surface area contributed by atoms with Crippen LogP contribution in [-0.2, 0) is 11.4 Å². The second-order valence-electron chi connectivity index (χ2n) is 7.79. The Labute approximate surface area is 174 Å². The number of piperazine rings is 1. The molecule has 1 aliphatic carbocycles. The van der Waals surface area contributed by atoms with Crippen molar-refractivity contribution in [1.29, 1.82) is 0 Å². The van der Waals surface area contributed by atoms with Gasteiger partial charge >= 0.3 is 0 Å². The van der Waals surface area contributed by atoms with Crippen LogP contribution < -0.4 is 0 Å². The highest BCUT2D eigenvalue weighted by atomic mass is 35.5. The van der Waals surface area contributed by atoms with Crippen LogP contribution in [0.25, 0.3) is 10.8 Å². The number of halogens is 1. The van der Waals surface area contributed by atoms with Crippen LogP contribution in [0.2, 0.25) is 5.02 Å².